The summed E-state index contributed by atoms with van der Waals surface area (Å²) in [4.78, 5) is 12.3. The largest absolute Gasteiger partial charge is 0.460 e. The lowest BCUT2D eigenvalue weighted by atomic mass is 9.86. The third kappa shape index (κ3) is 3.37. The molecular formula is C16H22FNO2. The average molecular weight is 279 g/mol. The molecule has 1 fully saturated rings. The maximum Gasteiger partial charge on any atom is 0.311 e. The van der Waals surface area contributed by atoms with Gasteiger partial charge in [-0.25, -0.2) is 4.39 Å². The molecule has 2 rings (SSSR count). The fourth-order valence-corrected chi connectivity index (χ4v) is 2.69. The lowest BCUT2D eigenvalue weighted by Gasteiger charge is -2.25. The number of carbonyl (C=O) groups excluding carboxylic acids is 1. The minimum absolute atomic E-state index is 0.0467. The van der Waals surface area contributed by atoms with E-state index in [0.29, 0.717) is 6.54 Å². The third-order valence-electron chi connectivity index (χ3n) is 3.56. The summed E-state index contributed by atoms with van der Waals surface area (Å²) in [7, 11) is 0. The van der Waals surface area contributed by atoms with Gasteiger partial charge in [0, 0.05) is 19.0 Å². The normalized spacial score (nSPS) is 22.9. The van der Waals surface area contributed by atoms with Gasteiger partial charge in [-0.2, -0.15) is 0 Å². The van der Waals surface area contributed by atoms with Gasteiger partial charge < -0.3 is 10.1 Å². The number of esters is 1. The van der Waals surface area contributed by atoms with Crippen molar-refractivity contribution >= 4 is 5.97 Å². The summed E-state index contributed by atoms with van der Waals surface area (Å²) in [6, 6.07) is 4.74. The zero-order valence-electron chi connectivity index (χ0n) is 12.5. The molecule has 20 heavy (non-hydrogen) atoms. The Morgan fingerprint density at radius 3 is 2.65 bits per heavy atom. The molecule has 1 aromatic rings. The zero-order valence-corrected chi connectivity index (χ0v) is 12.5. The third-order valence-corrected chi connectivity index (χ3v) is 3.56. The van der Waals surface area contributed by atoms with Crippen molar-refractivity contribution in [3.8, 4) is 0 Å². The molecule has 1 aromatic carbocycles. The van der Waals surface area contributed by atoms with Gasteiger partial charge in [-0.05, 0) is 51.0 Å². The number of carbonyl (C=O) groups is 1. The lowest BCUT2D eigenvalue weighted by Crippen LogP contribution is -2.32. The van der Waals surface area contributed by atoms with E-state index in [4.69, 9.17) is 4.74 Å². The number of hydrogen-bond acceptors (Lipinski definition) is 3. The molecule has 0 saturated carbocycles. The van der Waals surface area contributed by atoms with Gasteiger partial charge in [0.2, 0.25) is 0 Å². The lowest BCUT2D eigenvalue weighted by molar-refractivity contribution is -0.159. The quantitative estimate of drug-likeness (QED) is 0.846. The number of rotatable bonds is 2. The molecule has 0 aromatic heterocycles. The molecule has 0 amide bonds. The monoisotopic (exact) mass is 279 g/mol. The molecule has 1 aliphatic heterocycles. The van der Waals surface area contributed by atoms with Crippen LogP contribution < -0.4 is 5.32 Å². The number of benzene rings is 1. The van der Waals surface area contributed by atoms with Gasteiger partial charge in [0.25, 0.3) is 0 Å². The molecule has 2 atom stereocenters. The Labute approximate surface area is 119 Å². The van der Waals surface area contributed by atoms with E-state index in [1.54, 1.807) is 6.07 Å². The predicted octanol–water partition coefficient (Wildman–Crippen LogP) is 2.78. The Bertz CT molecular complexity index is 508. The highest BCUT2D eigenvalue weighted by Crippen LogP contribution is 2.32. The summed E-state index contributed by atoms with van der Waals surface area (Å²) in [5.41, 5.74) is 1.42. The number of ether oxygens (including phenoxy) is 1. The summed E-state index contributed by atoms with van der Waals surface area (Å²) in [6.45, 7) is 8.80. The summed E-state index contributed by atoms with van der Waals surface area (Å²) in [5.74, 6) is -0.592. The predicted molar refractivity (Wildman–Crippen MR) is 76.1 cm³/mol. The van der Waals surface area contributed by atoms with Crippen LogP contribution in [0.15, 0.2) is 18.2 Å². The van der Waals surface area contributed by atoms with E-state index in [2.05, 4.69) is 5.32 Å². The molecule has 4 heteroatoms. The molecule has 110 valence electrons. The van der Waals surface area contributed by atoms with E-state index >= 15 is 0 Å². The molecular weight excluding hydrogens is 257 g/mol. The van der Waals surface area contributed by atoms with Crippen LogP contribution in [0, 0.1) is 18.7 Å². The van der Waals surface area contributed by atoms with Crippen molar-refractivity contribution in [1.82, 2.24) is 5.32 Å². The van der Waals surface area contributed by atoms with Gasteiger partial charge in [0.15, 0.2) is 0 Å². The van der Waals surface area contributed by atoms with Crippen LogP contribution in [0.25, 0.3) is 0 Å². The van der Waals surface area contributed by atoms with E-state index in [1.165, 1.54) is 12.1 Å². The Hall–Kier alpha value is -1.42. The zero-order chi connectivity index (χ0) is 14.9. The molecule has 0 aliphatic carbocycles. The highest BCUT2D eigenvalue weighted by atomic mass is 19.1. The molecule has 1 heterocycles. The molecule has 1 N–H and O–H groups in total. The Morgan fingerprint density at radius 1 is 1.35 bits per heavy atom. The Kier molecular flexibility index (Phi) is 4.14. The fraction of sp³-hybridized carbons (Fsp3) is 0.562. The first-order chi connectivity index (χ1) is 9.28. The summed E-state index contributed by atoms with van der Waals surface area (Å²) in [6.07, 6.45) is 0. The molecule has 0 radical (unpaired) electrons. The second kappa shape index (κ2) is 5.52. The van der Waals surface area contributed by atoms with Crippen LogP contribution in [-0.2, 0) is 9.53 Å². The number of halogens is 1. The molecule has 3 nitrogen and oxygen atoms in total. The molecule has 0 spiro atoms. The van der Waals surface area contributed by atoms with Crippen molar-refractivity contribution in [1.29, 1.82) is 0 Å². The molecule has 1 saturated heterocycles. The van der Waals surface area contributed by atoms with Crippen molar-refractivity contribution in [2.75, 3.05) is 13.1 Å². The number of hydrogen-bond donors (Lipinski definition) is 1. The van der Waals surface area contributed by atoms with Crippen molar-refractivity contribution in [3.05, 3.63) is 35.1 Å². The van der Waals surface area contributed by atoms with Crippen LogP contribution in [0.4, 0.5) is 4.39 Å². The highest BCUT2D eigenvalue weighted by Gasteiger charge is 2.37. The molecule has 0 unspecified atom stereocenters. The van der Waals surface area contributed by atoms with Crippen molar-refractivity contribution in [2.45, 2.75) is 39.2 Å². The van der Waals surface area contributed by atoms with Gasteiger partial charge >= 0.3 is 5.97 Å². The van der Waals surface area contributed by atoms with Gasteiger partial charge in [-0.3, -0.25) is 4.79 Å². The maximum atomic E-state index is 13.2. The Balaban J connectivity index is 2.21. The first kappa shape index (κ1) is 15.0. The van der Waals surface area contributed by atoms with E-state index < -0.39 is 5.60 Å². The van der Waals surface area contributed by atoms with Gasteiger partial charge in [0.1, 0.15) is 11.4 Å². The first-order valence-electron chi connectivity index (χ1n) is 6.97. The van der Waals surface area contributed by atoms with Crippen LogP contribution in [0.2, 0.25) is 0 Å². The minimum Gasteiger partial charge on any atom is -0.460 e. The maximum absolute atomic E-state index is 13.2. The van der Waals surface area contributed by atoms with E-state index in [9.17, 15) is 9.18 Å². The van der Waals surface area contributed by atoms with Gasteiger partial charge in [0.05, 0.1) is 5.92 Å². The van der Waals surface area contributed by atoms with Crippen molar-refractivity contribution < 1.29 is 13.9 Å². The fourth-order valence-electron chi connectivity index (χ4n) is 2.69. The first-order valence-corrected chi connectivity index (χ1v) is 6.97. The molecule has 0 bridgehead atoms. The van der Waals surface area contributed by atoms with Crippen LogP contribution in [0.1, 0.15) is 37.8 Å². The number of aryl methyl sites for hydroxylation is 1. The minimum atomic E-state index is -0.484. The second-order valence-corrected chi connectivity index (χ2v) is 6.41. The topological polar surface area (TPSA) is 38.3 Å². The Morgan fingerprint density at radius 2 is 2.05 bits per heavy atom. The van der Waals surface area contributed by atoms with E-state index in [0.717, 1.165) is 17.7 Å². The van der Waals surface area contributed by atoms with Crippen LogP contribution in [-0.4, -0.2) is 24.7 Å². The highest BCUT2D eigenvalue weighted by molar-refractivity contribution is 5.75. The summed E-state index contributed by atoms with van der Waals surface area (Å²) in [5, 5.41) is 3.23. The van der Waals surface area contributed by atoms with Crippen LogP contribution >= 0.6 is 0 Å². The standard InChI is InChI=1S/C16H22FNO2/c1-10-7-11(17)5-6-12(10)13-8-18-9-14(13)15(19)20-16(2,3)4/h5-7,13-14,18H,8-9H2,1-4H3/t13-,14+/m0/s1. The summed E-state index contributed by atoms with van der Waals surface area (Å²) < 4.78 is 18.7. The van der Waals surface area contributed by atoms with Crippen LogP contribution in [0.3, 0.4) is 0 Å². The van der Waals surface area contributed by atoms with Crippen molar-refractivity contribution in [3.63, 3.8) is 0 Å². The molecule has 1 aliphatic rings. The van der Waals surface area contributed by atoms with Gasteiger partial charge in [-0.1, -0.05) is 6.07 Å². The SMILES string of the molecule is Cc1cc(F)ccc1[C@@H]1CNC[C@H]1C(=O)OC(C)(C)C. The summed E-state index contributed by atoms with van der Waals surface area (Å²) >= 11 is 0. The average Bonchev–Trinajstić information content (AvgIpc) is 2.75. The number of nitrogens with one attached hydrogen (secondary N) is 1. The van der Waals surface area contributed by atoms with E-state index in [-0.39, 0.29) is 23.6 Å². The van der Waals surface area contributed by atoms with E-state index in [1.807, 2.05) is 27.7 Å². The smallest absolute Gasteiger partial charge is 0.311 e. The van der Waals surface area contributed by atoms with Gasteiger partial charge in [-0.15, -0.1) is 0 Å². The second-order valence-electron chi connectivity index (χ2n) is 6.41. The van der Waals surface area contributed by atoms with Crippen LogP contribution in [0.5, 0.6) is 0 Å². The van der Waals surface area contributed by atoms with Crippen molar-refractivity contribution in [2.24, 2.45) is 5.92 Å².